The second kappa shape index (κ2) is 6.99. The van der Waals surface area contributed by atoms with Crippen LogP contribution in [0.4, 0.5) is 30.2 Å². The Labute approximate surface area is 128 Å². The minimum absolute atomic E-state index is 0.0492. The third-order valence-electron chi connectivity index (χ3n) is 2.40. The van der Waals surface area contributed by atoms with Crippen molar-refractivity contribution in [2.24, 2.45) is 0 Å². The van der Waals surface area contributed by atoms with Crippen molar-refractivity contribution in [3.05, 3.63) is 63.2 Å². The first-order valence-corrected chi connectivity index (χ1v) is 6.11. The fourth-order valence-electron chi connectivity index (χ4n) is 1.36. The molecule has 0 fully saturated rings. The van der Waals surface area contributed by atoms with Crippen molar-refractivity contribution in [3.8, 4) is 0 Å². The molecule has 0 heterocycles. The molecule has 2 rings (SSSR count). The molecule has 22 heavy (non-hydrogen) atoms. The maximum Gasteiger partial charge on any atom is 0.416 e. The lowest BCUT2D eigenvalue weighted by Gasteiger charge is -2.05. The third kappa shape index (κ3) is 5.13. The number of alkyl halides is 3. The Bertz CT molecular complexity index is 678. The molecule has 0 aromatic heterocycles. The van der Waals surface area contributed by atoms with Crippen LogP contribution < -0.4 is 11.5 Å². The molecule has 0 aliphatic carbocycles. The van der Waals surface area contributed by atoms with Gasteiger partial charge in [-0.05, 0) is 24.3 Å². The minimum Gasteiger partial charge on any atom is -0.399 e. The largest absolute Gasteiger partial charge is 0.416 e. The van der Waals surface area contributed by atoms with Gasteiger partial charge in [-0.3, -0.25) is 10.1 Å². The molecule has 0 spiro atoms. The number of hydrogen-bond donors (Lipinski definition) is 2. The fourth-order valence-corrected chi connectivity index (χ4v) is 1.48. The minimum atomic E-state index is -4.30. The van der Waals surface area contributed by atoms with E-state index in [1.165, 1.54) is 30.3 Å². The third-order valence-corrected chi connectivity index (χ3v) is 2.75. The van der Waals surface area contributed by atoms with Crippen molar-refractivity contribution in [2.75, 3.05) is 11.5 Å². The Morgan fingerprint density at radius 1 is 1.09 bits per heavy atom. The number of nitro benzene ring substituents is 1. The highest BCUT2D eigenvalue weighted by Crippen LogP contribution is 2.29. The van der Waals surface area contributed by atoms with Crippen molar-refractivity contribution >= 4 is 28.7 Å². The first-order valence-electron chi connectivity index (χ1n) is 5.73. The Kier molecular flexibility index (Phi) is 5.58. The predicted molar refractivity (Wildman–Crippen MR) is 78.4 cm³/mol. The molecule has 0 atom stereocenters. The number of benzene rings is 2. The van der Waals surface area contributed by atoms with Crippen LogP contribution in [0.3, 0.4) is 0 Å². The number of rotatable bonds is 1. The van der Waals surface area contributed by atoms with Gasteiger partial charge in [0.05, 0.1) is 21.2 Å². The second-order valence-electron chi connectivity index (χ2n) is 4.09. The van der Waals surface area contributed by atoms with Crippen LogP contribution in [0, 0.1) is 10.1 Å². The van der Waals surface area contributed by atoms with E-state index >= 15 is 0 Å². The monoisotopic (exact) mass is 333 g/mol. The van der Waals surface area contributed by atoms with E-state index in [0.717, 1.165) is 12.1 Å². The molecule has 0 radical (unpaired) electrons. The SMILES string of the molecule is Nc1cc([N+](=O)[O-])ccc1Cl.Nc1cccc(C(F)(F)F)c1. The van der Waals surface area contributed by atoms with E-state index in [2.05, 4.69) is 0 Å². The lowest BCUT2D eigenvalue weighted by molar-refractivity contribution is -0.384. The molecule has 0 unspecified atom stereocenters. The highest BCUT2D eigenvalue weighted by molar-refractivity contribution is 6.33. The molecule has 0 bridgehead atoms. The topological polar surface area (TPSA) is 95.2 Å². The van der Waals surface area contributed by atoms with Crippen molar-refractivity contribution in [2.45, 2.75) is 6.18 Å². The zero-order chi connectivity index (χ0) is 16.9. The number of hydrogen-bond acceptors (Lipinski definition) is 4. The molecular formula is C13H11ClF3N3O2. The van der Waals surface area contributed by atoms with Gasteiger partial charge in [-0.1, -0.05) is 17.7 Å². The molecule has 0 amide bonds. The summed E-state index contributed by atoms with van der Waals surface area (Å²) in [6.07, 6.45) is -4.30. The van der Waals surface area contributed by atoms with Crippen LogP contribution in [0.2, 0.25) is 5.02 Å². The van der Waals surface area contributed by atoms with Crippen molar-refractivity contribution in [1.82, 2.24) is 0 Å². The van der Waals surface area contributed by atoms with Gasteiger partial charge in [0, 0.05) is 17.8 Å². The number of nitro groups is 1. The van der Waals surface area contributed by atoms with Crippen LogP contribution in [-0.2, 0) is 6.18 Å². The number of nitrogens with zero attached hydrogens (tertiary/aromatic N) is 1. The van der Waals surface area contributed by atoms with Gasteiger partial charge in [0.15, 0.2) is 0 Å². The lowest BCUT2D eigenvalue weighted by Crippen LogP contribution is -2.04. The van der Waals surface area contributed by atoms with Crippen LogP contribution >= 0.6 is 11.6 Å². The van der Waals surface area contributed by atoms with Gasteiger partial charge in [-0.2, -0.15) is 13.2 Å². The summed E-state index contributed by atoms with van der Waals surface area (Å²) in [6, 6.07) is 8.50. The van der Waals surface area contributed by atoms with E-state index in [0.29, 0.717) is 5.02 Å². The van der Waals surface area contributed by atoms with Crippen molar-refractivity contribution in [3.63, 3.8) is 0 Å². The van der Waals surface area contributed by atoms with Gasteiger partial charge in [0.1, 0.15) is 0 Å². The first-order chi connectivity index (χ1) is 10.1. The second-order valence-corrected chi connectivity index (χ2v) is 4.49. The average Bonchev–Trinajstić information content (AvgIpc) is 2.41. The van der Waals surface area contributed by atoms with E-state index in [1.807, 2.05) is 0 Å². The Morgan fingerprint density at radius 2 is 1.73 bits per heavy atom. The molecule has 0 aliphatic heterocycles. The van der Waals surface area contributed by atoms with E-state index < -0.39 is 16.7 Å². The molecule has 0 aliphatic rings. The van der Waals surface area contributed by atoms with Gasteiger partial charge in [0.2, 0.25) is 0 Å². The maximum atomic E-state index is 11.9. The van der Waals surface area contributed by atoms with Gasteiger partial charge in [-0.15, -0.1) is 0 Å². The standard InChI is InChI=1S/C7H6F3N.C6H5ClN2O2/c8-7(9,10)5-2-1-3-6(11)4-5;7-5-2-1-4(9(10)11)3-6(5)8/h1-4H,11H2;1-3H,8H2. The Morgan fingerprint density at radius 3 is 2.14 bits per heavy atom. The molecule has 2 aromatic carbocycles. The number of halogens is 4. The number of nitrogen functional groups attached to an aromatic ring is 2. The van der Waals surface area contributed by atoms with Crippen LogP contribution in [0.25, 0.3) is 0 Å². The van der Waals surface area contributed by atoms with Crippen LogP contribution in [-0.4, -0.2) is 4.92 Å². The Hall–Kier alpha value is -2.48. The normalized spacial score (nSPS) is 10.5. The summed E-state index contributed by atoms with van der Waals surface area (Å²) in [6.45, 7) is 0. The average molecular weight is 334 g/mol. The number of anilines is 2. The fraction of sp³-hybridized carbons (Fsp3) is 0.0769. The van der Waals surface area contributed by atoms with Gasteiger partial charge in [0.25, 0.3) is 5.69 Å². The summed E-state index contributed by atoms with van der Waals surface area (Å²) < 4.78 is 35.7. The van der Waals surface area contributed by atoms with Crippen molar-refractivity contribution < 1.29 is 18.1 Å². The molecule has 5 nitrogen and oxygen atoms in total. The van der Waals surface area contributed by atoms with Gasteiger partial charge in [-0.25, -0.2) is 0 Å². The van der Waals surface area contributed by atoms with E-state index in [1.54, 1.807) is 0 Å². The summed E-state index contributed by atoms with van der Waals surface area (Å²) in [4.78, 5) is 9.65. The highest BCUT2D eigenvalue weighted by Gasteiger charge is 2.30. The maximum absolute atomic E-state index is 11.9. The summed E-state index contributed by atoms with van der Waals surface area (Å²) in [7, 11) is 0. The lowest BCUT2D eigenvalue weighted by atomic mass is 10.2. The zero-order valence-corrected chi connectivity index (χ0v) is 11.7. The van der Waals surface area contributed by atoms with E-state index in [-0.39, 0.29) is 17.1 Å². The summed E-state index contributed by atoms with van der Waals surface area (Å²) in [5, 5.41) is 10.5. The number of non-ortho nitro benzene ring substituents is 1. The first kappa shape index (κ1) is 17.6. The molecule has 0 saturated heterocycles. The number of nitrogens with two attached hydrogens (primary N) is 2. The highest BCUT2D eigenvalue weighted by atomic mass is 35.5. The smallest absolute Gasteiger partial charge is 0.399 e. The van der Waals surface area contributed by atoms with Crippen LogP contribution in [0.1, 0.15) is 5.56 Å². The van der Waals surface area contributed by atoms with E-state index in [4.69, 9.17) is 23.1 Å². The molecule has 0 saturated carbocycles. The Balaban J connectivity index is 0.000000220. The van der Waals surface area contributed by atoms with Gasteiger partial charge < -0.3 is 11.5 Å². The predicted octanol–water partition coefficient (Wildman–Crippen LogP) is 4.12. The summed E-state index contributed by atoms with van der Waals surface area (Å²) in [5.41, 5.74) is 10.1. The summed E-state index contributed by atoms with van der Waals surface area (Å²) >= 11 is 5.54. The molecule has 118 valence electrons. The molecule has 4 N–H and O–H groups in total. The molecular weight excluding hydrogens is 323 g/mol. The van der Waals surface area contributed by atoms with Crippen LogP contribution in [0.5, 0.6) is 0 Å². The zero-order valence-electron chi connectivity index (χ0n) is 11.0. The quantitative estimate of drug-likeness (QED) is 0.466. The van der Waals surface area contributed by atoms with E-state index in [9.17, 15) is 23.3 Å². The molecule has 9 heteroatoms. The van der Waals surface area contributed by atoms with Gasteiger partial charge >= 0.3 is 6.18 Å². The summed E-state index contributed by atoms with van der Waals surface area (Å²) in [5.74, 6) is 0. The van der Waals surface area contributed by atoms with Crippen molar-refractivity contribution in [1.29, 1.82) is 0 Å². The van der Waals surface area contributed by atoms with Crippen LogP contribution in [0.15, 0.2) is 42.5 Å². The molecule has 2 aromatic rings.